The normalized spacial score (nSPS) is 13.7. The zero-order chi connectivity index (χ0) is 14.5. The SMILES string of the molecule is CCNCc1cc(S(=O)(=O)NCC(C)CC)cn1C. The highest BCUT2D eigenvalue weighted by molar-refractivity contribution is 7.89. The number of rotatable bonds is 8. The lowest BCUT2D eigenvalue weighted by Gasteiger charge is -2.09. The smallest absolute Gasteiger partial charge is 0.242 e. The van der Waals surface area contributed by atoms with Gasteiger partial charge in [-0.2, -0.15) is 0 Å². The Morgan fingerprint density at radius 1 is 1.37 bits per heavy atom. The molecule has 0 bridgehead atoms. The zero-order valence-corrected chi connectivity index (χ0v) is 13.0. The van der Waals surface area contributed by atoms with E-state index >= 15 is 0 Å². The van der Waals surface area contributed by atoms with Crippen molar-refractivity contribution in [1.29, 1.82) is 0 Å². The van der Waals surface area contributed by atoms with Gasteiger partial charge in [0.15, 0.2) is 0 Å². The third kappa shape index (κ3) is 4.63. The Balaban J connectivity index is 2.78. The Labute approximate surface area is 116 Å². The van der Waals surface area contributed by atoms with Gasteiger partial charge >= 0.3 is 0 Å². The highest BCUT2D eigenvalue weighted by atomic mass is 32.2. The highest BCUT2D eigenvalue weighted by Gasteiger charge is 2.17. The molecule has 0 fully saturated rings. The number of aryl methyl sites for hydroxylation is 1. The summed E-state index contributed by atoms with van der Waals surface area (Å²) < 4.78 is 28.8. The van der Waals surface area contributed by atoms with E-state index in [1.165, 1.54) is 0 Å². The van der Waals surface area contributed by atoms with Crippen LogP contribution in [-0.2, 0) is 23.6 Å². The summed E-state index contributed by atoms with van der Waals surface area (Å²) in [6, 6.07) is 1.72. The van der Waals surface area contributed by atoms with Crippen LogP contribution >= 0.6 is 0 Å². The molecule has 1 unspecified atom stereocenters. The standard InChI is InChI=1S/C13H25N3O2S/c1-5-11(3)8-15-19(17,18)13-7-12(9-14-6-2)16(4)10-13/h7,10-11,14-15H,5-6,8-9H2,1-4H3. The number of hydrogen-bond acceptors (Lipinski definition) is 3. The van der Waals surface area contributed by atoms with Crippen molar-refractivity contribution in [2.45, 2.75) is 38.6 Å². The van der Waals surface area contributed by atoms with Gasteiger partial charge in [-0.05, 0) is 18.5 Å². The fourth-order valence-corrected chi connectivity index (χ4v) is 2.89. The number of aromatic nitrogens is 1. The van der Waals surface area contributed by atoms with E-state index < -0.39 is 10.0 Å². The maximum absolute atomic E-state index is 12.1. The Kier molecular flexibility index (Phi) is 6.03. The molecule has 19 heavy (non-hydrogen) atoms. The summed E-state index contributed by atoms with van der Waals surface area (Å²) >= 11 is 0. The maximum atomic E-state index is 12.1. The monoisotopic (exact) mass is 287 g/mol. The summed E-state index contributed by atoms with van der Waals surface area (Å²) in [6.45, 7) is 8.12. The molecule has 0 aromatic carbocycles. The van der Waals surface area contributed by atoms with Gasteiger partial charge in [-0.1, -0.05) is 27.2 Å². The summed E-state index contributed by atoms with van der Waals surface area (Å²) in [5.74, 6) is 0.347. The number of nitrogens with one attached hydrogen (secondary N) is 2. The van der Waals surface area contributed by atoms with E-state index in [2.05, 4.69) is 17.0 Å². The molecule has 5 nitrogen and oxygen atoms in total. The largest absolute Gasteiger partial charge is 0.352 e. The molecule has 0 aliphatic carbocycles. The molecule has 110 valence electrons. The van der Waals surface area contributed by atoms with Crippen molar-refractivity contribution >= 4 is 10.0 Å². The molecule has 1 atom stereocenters. The van der Waals surface area contributed by atoms with Gasteiger partial charge < -0.3 is 9.88 Å². The average molecular weight is 287 g/mol. The molecule has 1 aromatic heterocycles. The maximum Gasteiger partial charge on any atom is 0.242 e. The topological polar surface area (TPSA) is 63.1 Å². The lowest BCUT2D eigenvalue weighted by atomic mass is 10.1. The Morgan fingerprint density at radius 3 is 2.63 bits per heavy atom. The predicted molar refractivity (Wildman–Crippen MR) is 77.4 cm³/mol. The summed E-state index contributed by atoms with van der Waals surface area (Å²) in [4.78, 5) is 0.339. The first-order valence-corrected chi connectivity index (χ1v) is 8.24. The van der Waals surface area contributed by atoms with E-state index in [0.717, 1.165) is 18.7 Å². The number of sulfonamides is 1. The fraction of sp³-hybridized carbons (Fsp3) is 0.692. The highest BCUT2D eigenvalue weighted by Crippen LogP contribution is 2.13. The van der Waals surface area contributed by atoms with Crippen LogP contribution in [0, 0.1) is 5.92 Å². The van der Waals surface area contributed by atoms with Crippen molar-refractivity contribution in [3.05, 3.63) is 18.0 Å². The second-order valence-corrected chi connectivity index (χ2v) is 6.69. The van der Waals surface area contributed by atoms with Crippen LogP contribution in [0.1, 0.15) is 32.9 Å². The van der Waals surface area contributed by atoms with Gasteiger partial charge in [0.05, 0.1) is 4.90 Å². The molecule has 0 amide bonds. The first-order chi connectivity index (χ1) is 8.90. The summed E-state index contributed by atoms with van der Waals surface area (Å²) in [5.41, 5.74) is 0.964. The van der Waals surface area contributed by atoms with Crippen LogP contribution in [0.25, 0.3) is 0 Å². The van der Waals surface area contributed by atoms with Gasteiger partial charge in [-0.3, -0.25) is 0 Å². The molecule has 0 aliphatic heterocycles. The third-order valence-corrected chi connectivity index (χ3v) is 4.66. The Hall–Kier alpha value is -0.850. The zero-order valence-electron chi connectivity index (χ0n) is 12.2. The van der Waals surface area contributed by atoms with Crippen LogP contribution in [0.15, 0.2) is 17.2 Å². The van der Waals surface area contributed by atoms with Gasteiger partial charge in [0.1, 0.15) is 0 Å². The van der Waals surface area contributed by atoms with Crippen LogP contribution in [0.3, 0.4) is 0 Å². The lowest BCUT2D eigenvalue weighted by Crippen LogP contribution is -2.28. The molecular weight excluding hydrogens is 262 g/mol. The molecule has 0 aliphatic rings. The van der Waals surface area contributed by atoms with Crippen molar-refractivity contribution in [2.24, 2.45) is 13.0 Å². The fourth-order valence-electron chi connectivity index (χ4n) is 1.63. The van der Waals surface area contributed by atoms with Crippen molar-refractivity contribution in [1.82, 2.24) is 14.6 Å². The minimum Gasteiger partial charge on any atom is -0.352 e. The Bertz CT molecular complexity index is 494. The van der Waals surface area contributed by atoms with Crippen LogP contribution in [0.4, 0.5) is 0 Å². The molecule has 1 aromatic rings. The van der Waals surface area contributed by atoms with E-state index in [1.807, 2.05) is 25.5 Å². The van der Waals surface area contributed by atoms with Gasteiger partial charge in [0, 0.05) is 32.0 Å². The molecule has 0 saturated heterocycles. The second-order valence-electron chi connectivity index (χ2n) is 4.92. The molecular formula is C13H25N3O2S. The second kappa shape index (κ2) is 7.07. The van der Waals surface area contributed by atoms with Gasteiger partial charge in [-0.15, -0.1) is 0 Å². The van der Waals surface area contributed by atoms with Crippen molar-refractivity contribution < 1.29 is 8.42 Å². The van der Waals surface area contributed by atoms with Crippen molar-refractivity contribution in [3.63, 3.8) is 0 Å². The van der Waals surface area contributed by atoms with E-state index in [-0.39, 0.29) is 0 Å². The van der Waals surface area contributed by atoms with E-state index in [4.69, 9.17) is 0 Å². The number of nitrogens with zero attached hydrogens (tertiary/aromatic N) is 1. The van der Waals surface area contributed by atoms with Crippen LogP contribution in [-0.4, -0.2) is 26.1 Å². The van der Waals surface area contributed by atoms with Gasteiger partial charge in [-0.25, -0.2) is 13.1 Å². The Morgan fingerprint density at radius 2 is 2.05 bits per heavy atom. The number of hydrogen-bond donors (Lipinski definition) is 2. The third-order valence-electron chi connectivity index (χ3n) is 3.27. The minimum atomic E-state index is -3.39. The van der Waals surface area contributed by atoms with Crippen LogP contribution < -0.4 is 10.0 Å². The van der Waals surface area contributed by atoms with E-state index in [1.54, 1.807) is 12.3 Å². The lowest BCUT2D eigenvalue weighted by molar-refractivity contribution is 0.528. The minimum absolute atomic E-state index is 0.339. The summed E-state index contributed by atoms with van der Waals surface area (Å²) in [5, 5.41) is 3.19. The molecule has 0 radical (unpaired) electrons. The van der Waals surface area contributed by atoms with E-state index in [0.29, 0.717) is 23.9 Å². The molecule has 2 N–H and O–H groups in total. The van der Waals surface area contributed by atoms with Crippen LogP contribution in [0.5, 0.6) is 0 Å². The first-order valence-electron chi connectivity index (χ1n) is 6.76. The molecule has 6 heteroatoms. The van der Waals surface area contributed by atoms with Gasteiger partial charge in [0.25, 0.3) is 0 Å². The summed E-state index contributed by atoms with van der Waals surface area (Å²) in [7, 11) is -1.53. The predicted octanol–water partition coefficient (Wildman–Crippen LogP) is 1.46. The quantitative estimate of drug-likeness (QED) is 0.761. The van der Waals surface area contributed by atoms with Crippen LogP contribution in [0.2, 0.25) is 0 Å². The first kappa shape index (κ1) is 16.2. The average Bonchev–Trinajstić information content (AvgIpc) is 2.75. The molecule has 1 rings (SSSR count). The molecule has 0 saturated carbocycles. The molecule has 0 spiro atoms. The van der Waals surface area contributed by atoms with Crippen molar-refractivity contribution in [3.8, 4) is 0 Å². The van der Waals surface area contributed by atoms with E-state index in [9.17, 15) is 8.42 Å². The molecule has 1 heterocycles. The van der Waals surface area contributed by atoms with Crippen molar-refractivity contribution in [2.75, 3.05) is 13.1 Å². The summed E-state index contributed by atoms with van der Waals surface area (Å²) in [6.07, 6.45) is 2.62. The van der Waals surface area contributed by atoms with Gasteiger partial charge in [0.2, 0.25) is 10.0 Å².